The Morgan fingerprint density at radius 2 is 1.88 bits per heavy atom. The molecule has 0 aliphatic carbocycles. The van der Waals surface area contributed by atoms with Crippen LogP contribution in [0.25, 0.3) is 11.1 Å². The second-order valence-corrected chi connectivity index (χ2v) is 11.6. The number of fused-ring (bicyclic) bond motifs is 1. The lowest BCUT2D eigenvalue weighted by Crippen LogP contribution is -2.49. The minimum atomic E-state index is -4.10. The Kier molecular flexibility index (Phi) is 9.10. The van der Waals surface area contributed by atoms with E-state index in [0.717, 1.165) is 18.9 Å². The summed E-state index contributed by atoms with van der Waals surface area (Å²) >= 11 is 6.76. The Labute approximate surface area is 239 Å². The predicted molar refractivity (Wildman–Crippen MR) is 155 cm³/mol. The lowest BCUT2D eigenvalue weighted by atomic mass is 10.0. The Morgan fingerprint density at radius 3 is 2.52 bits per heavy atom. The second-order valence-electron chi connectivity index (χ2n) is 9.21. The highest BCUT2D eigenvalue weighted by Crippen LogP contribution is 2.43. The first kappa shape index (κ1) is 29.5. The van der Waals surface area contributed by atoms with E-state index in [-0.39, 0.29) is 28.6 Å². The molecular weight excluding hydrogens is 555 g/mol. The summed E-state index contributed by atoms with van der Waals surface area (Å²) in [4.78, 5) is 14.0. The number of para-hydroxylation sites is 1. The number of hydrogen-bond donors (Lipinski definition) is 0. The number of anilines is 2. The number of halogens is 2. The van der Waals surface area contributed by atoms with Crippen molar-refractivity contribution in [1.29, 1.82) is 0 Å². The average Bonchev–Trinajstić information content (AvgIpc) is 3.03. The van der Waals surface area contributed by atoms with Gasteiger partial charge in [-0.3, -0.25) is 0 Å². The molecule has 0 saturated carbocycles. The Bertz CT molecular complexity index is 1530. The van der Waals surface area contributed by atoms with Crippen LogP contribution in [-0.2, 0) is 19.5 Å². The van der Waals surface area contributed by atoms with E-state index < -0.39 is 34.0 Å². The lowest BCUT2D eigenvalue weighted by Gasteiger charge is -2.34. The van der Waals surface area contributed by atoms with E-state index in [1.807, 2.05) is 35.2 Å². The Hall–Kier alpha value is -3.50. The molecule has 7 nitrogen and oxygen atoms in total. The number of carbonyl (C=O) groups is 1. The maximum absolute atomic E-state index is 14.4. The van der Waals surface area contributed by atoms with Gasteiger partial charge in [-0.25, -0.2) is 17.6 Å². The van der Waals surface area contributed by atoms with Crippen molar-refractivity contribution in [2.75, 3.05) is 32.2 Å². The number of carbonyl (C=O) groups excluding carboxylic acids is 1. The number of methoxy groups -OCH3 is 1. The minimum absolute atomic E-state index is 0.00534. The molecule has 1 heterocycles. The maximum Gasteiger partial charge on any atom is 0.340 e. The van der Waals surface area contributed by atoms with E-state index in [1.165, 1.54) is 29.6 Å². The van der Waals surface area contributed by atoms with Gasteiger partial charge in [-0.05, 0) is 48.4 Å². The largest absolute Gasteiger partial charge is 0.465 e. The van der Waals surface area contributed by atoms with Gasteiger partial charge < -0.3 is 14.4 Å². The first-order chi connectivity index (χ1) is 19.1. The van der Waals surface area contributed by atoms with Crippen LogP contribution in [-0.4, -0.2) is 58.1 Å². The summed E-state index contributed by atoms with van der Waals surface area (Å²) in [7, 11) is -1.42. The zero-order valence-electron chi connectivity index (χ0n) is 22.2. The SMILES string of the molecule is C=CCOC(CC=C)[C@@H]1CN(c2ccccc2)c2cc(Cl)c(-c3ccc(F)c(C(=O)OC)c3)cc2S(=O)(=O)N1C. The summed E-state index contributed by atoms with van der Waals surface area (Å²) in [5, 5.41) is 0.226. The highest BCUT2D eigenvalue weighted by atomic mass is 35.5. The third-order valence-corrected chi connectivity index (χ3v) is 9.06. The van der Waals surface area contributed by atoms with E-state index in [9.17, 15) is 17.6 Å². The number of sulfonamides is 1. The number of ether oxygens (including phenoxy) is 2. The predicted octanol–water partition coefficient (Wildman–Crippen LogP) is 6.22. The number of benzene rings is 3. The molecule has 0 radical (unpaired) electrons. The molecule has 4 rings (SSSR count). The van der Waals surface area contributed by atoms with E-state index in [1.54, 1.807) is 18.2 Å². The number of hydrogen-bond acceptors (Lipinski definition) is 6. The summed E-state index contributed by atoms with van der Waals surface area (Å²) in [6.07, 6.45) is 3.21. The van der Waals surface area contributed by atoms with Gasteiger partial charge in [-0.15, -0.1) is 13.2 Å². The summed E-state index contributed by atoms with van der Waals surface area (Å²) in [5.74, 6) is -1.62. The van der Waals surface area contributed by atoms with Crippen LogP contribution in [0.3, 0.4) is 0 Å². The number of likely N-dealkylation sites (N-methyl/N-ethyl adjacent to an activating group) is 1. The highest BCUT2D eigenvalue weighted by Gasteiger charge is 2.41. The zero-order valence-corrected chi connectivity index (χ0v) is 23.8. The molecule has 1 unspecified atom stereocenters. The van der Waals surface area contributed by atoms with Crippen LogP contribution < -0.4 is 4.90 Å². The molecule has 1 aliphatic rings. The number of nitrogens with zero attached hydrogens (tertiary/aromatic N) is 2. The topological polar surface area (TPSA) is 76.1 Å². The van der Waals surface area contributed by atoms with Crippen LogP contribution in [0, 0.1) is 5.82 Å². The molecule has 0 amide bonds. The van der Waals surface area contributed by atoms with Gasteiger partial charge >= 0.3 is 5.97 Å². The summed E-state index contributed by atoms with van der Waals surface area (Å²) in [5.41, 5.74) is 1.53. The van der Waals surface area contributed by atoms with Gasteiger partial charge in [-0.2, -0.15) is 4.31 Å². The molecule has 210 valence electrons. The molecule has 0 aromatic heterocycles. The molecule has 0 N–H and O–H groups in total. The van der Waals surface area contributed by atoms with Crippen LogP contribution >= 0.6 is 11.6 Å². The standard InChI is InChI=1S/C30H30ClFN2O5S/c1-5-10-28(39-15-6-2)27-19-34(21-11-8-7-9-12-21)26-18-24(31)22(17-29(26)40(36,37)33(27)3)20-13-14-25(32)23(16-20)30(35)38-4/h5-9,11-14,16-18,27-28H,1-2,10,15,19H2,3-4H3/t27-,28?/m0/s1. The average molecular weight is 585 g/mol. The van der Waals surface area contributed by atoms with Crippen molar-refractivity contribution in [1.82, 2.24) is 4.31 Å². The van der Waals surface area contributed by atoms with Gasteiger partial charge in [0.15, 0.2) is 0 Å². The van der Waals surface area contributed by atoms with Gasteiger partial charge in [0.2, 0.25) is 10.0 Å². The zero-order chi connectivity index (χ0) is 29.0. The van der Waals surface area contributed by atoms with Gasteiger partial charge in [0, 0.05) is 24.8 Å². The highest BCUT2D eigenvalue weighted by molar-refractivity contribution is 7.89. The van der Waals surface area contributed by atoms with Crippen molar-refractivity contribution in [3.05, 3.63) is 102 Å². The summed E-state index contributed by atoms with van der Waals surface area (Å²) in [6, 6.07) is 15.7. The molecule has 10 heteroatoms. The van der Waals surface area contributed by atoms with E-state index in [2.05, 4.69) is 13.2 Å². The molecule has 0 bridgehead atoms. The lowest BCUT2D eigenvalue weighted by molar-refractivity contribution is 0.0320. The number of esters is 1. The first-order valence-electron chi connectivity index (χ1n) is 12.5. The Morgan fingerprint density at radius 1 is 1.15 bits per heavy atom. The second kappa shape index (κ2) is 12.3. The number of rotatable bonds is 9. The van der Waals surface area contributed by atoms with Crippen LogP contribution in [0.2, 0.25) is 5.02 Å². The van der Waals surface area contributed by atoms with Crippen LogP contribution in [0.15, 0.2) is 90.9 Å². The molecular formula is C30H30ClFN2O5S. The molecule has 2 atom stereocenters. The van der Waals surface area contributed by atoms with Crippen molar-refractivity contribution in [2.24, 2.45) is 0 Å². The van der Waals surface area contributed by atoms with E-state index in [4.69, 9.17) is 21.1 Å². The fraction of sp³-hybridized carbons (Fsp3) is 0.233. The summed E-state index contributed by atoms with van der Waals surface area (Å²) in [6.45, 7) is 8.05. The Balaban J connectivity index is 1.95. The molecule has 3 aromatic carbocycles. The van der Waals surface area contributed by atoms with Gasteiger partial charge in [0.25, 0.3) is 0 Å². The third-order valence-electron chi connectivity index (χ3n) is 6.84. The molecule has 0 spiro atoms. The van der Waals surface area contributed by atoms with Crippen LogP contribution in [0.4, 0.5) is 15.8 Å². The van der Waals surface area contributed by atoms with Gasteiger partial charge in [0.05, 0.1) is 42.1 Å². The van der Waals surface area contributed by atoms with Gasteiger partial charge in [0.1, 0.15) is 10.7 Å². The monoisotopic (exact) mass is 584 g/mol. The van der Waals surface area contributed by atoms with E-state index in [0.29, 0.717) is 23.2 Å². The molecule has 0 saturated heterocycles. The van der Waals surface area contributed by atoms with Crippen molar-refractivity contribution in [2.45, 2.75) is 23.5 Å². The molecule has 1 aliphatic heterocycles. The quantitative estimate of drug-likeness (QED) is 0.219. The third kappa shape index (κ3) is 5.69. The van der Waals surface area contributed by atoms with Crippen molar-refractivity contribution in [3.63, 3.8) is 0 Å². The maximum atomic E-state index is 14.4. The minimum Gasteiger partial charge on any atom is -0.465 e. The summed E-state index contributed by atoms with van der Waals surface area (Å²) < 4.78 is 54.8. The molecule has 40 heavy (non-hydrogen) atoms. The van der Waals surface area contributed by atoms with Gasteiger partial charge in [-0.1, -0.05) is 48.0 Å². The van der Waals surface area contributed by atoms with Crippen molar-refractivity contribution < 1.29 is 27.1 Å². The van der Waals surface area contributed by atoms with Crippen molar-refractivity contribution in [3.8, 4) is 11.1 Å². The normalized spacial score (nSPS) is 17.4. The smallest absolute Gasteiger partial charge is 0.340 e. The molecule has 0 fully saturated rings. The van der Waals surface area contributed by atoms with E-state index >= 15 is 0 Å². The molecule has 3 aromatic rings. The van der Waals surface area contributed by atoms with Crippen LogP contribution in [0.1, 0.15) is 16.8 Å². The van der Waals surface area contributed by atoms with Crippen LogP contribution in [0.5, 0.6) is 0 Å². The van der Waals surface area contributed by atoms with Crippen molar-refractivity contribution >= 4 is 39.0 Å². The fourth-order valence-corrected chi connectivity index (χ4v) is 6.61. The first-order valence-corrected chi connectivity index (χ1v) is 14.3. The fourth-order valence-electron chi connectivity index (χ4n) is 4.77.